The molecule has 1 aliphatic carbocycles. The second-order valence-electron chi connectivity index (χ2n) is 4.52. The maximum absolute atomic E-state index is 13.6. The van der Waals surface area contributed by atoms with Gasteiger partial charge in [0.15, 0.2) is 0 Å². The fraction of sp³-hybridized carbons (Fsp3) is 0.417. The third-order valence-electron chi connectivity index (χ3n) is 3.10. The van der Waals surface area contributed by atoms with Crippen molar-refractivity contribution in [1.29, 1.82) is 0 Å². The van der Waals surface area contributed by atoms with Crippen LogP contribution in [0.25, 0.3) is 0 Å². The molecular weight excluding hydrogens is 328 g/mol. The van der Waals surface area contributed by atoms with Crippen LogP contribution in [0.1, 0.15) is 30.1 Å². The van der Waals surface area contributed by atoms with E-state index < -0.39 is 25.7 Å². The fourth-order valence-corrected chi connectivity index (χ4v) is 3.12. The molecule has 0 aliphatic heterocycles. The lowest BCUT2D eigenvalue weighted by atomic mass is 10.2. The van der Waals surface area contributed by atoms with Gasteiger partial charge < -0.3 is 4.90 Å². The van der Waals surface area contributed by atoms with Crippen molar-refractivity contribution in [2.24, 2.45) is 0 Å². The monoisotopic (exact) mass is 339 g/mol. The van der Waals surface area contributed by atoms with Gasteiger partial charge in [0.1, 0.15) is 10.7 Å². The average Bonchev–Trinajstić information content (AvgIpc) is 3.12. The molecule has 110 valence electrons. The zero-order valence-electron chi connectivity index (χ0n) is 10.6. The van der Waals surface area contributed by atoms with Crippen molar-refractivity contribution in [3.63, 3.8) is 0 Å². The van der Waals surface area contributed by atoms with Gasteiger partial charge in [-0.3, -0.25) is 4.79 Å². The predicted octanol–water partition coefficient (Wildman–Crippen LogP) is 3.03. The lowest BCUT2D eigenvalue weighted by molar-refractivity contribution is 0.0752. The molecule has 1 amide bonds. The van der Waals surface area contributed by atoms with Gasteiger partial charge >= 0.3 is 0 Å². The predicted molar refractivity (Wildman–Crippen MR) is 74.2 cm³/mol. The third kappa shape index (κ3) is 3.07. The summed E-state index contributed by atoms with van der Waals surface area (Å²) in [5.41, 5.74) is -0.0546. The molecule has 2 rings (SSSR count). The van der Waals surface area contributed by atoms with Crippen molar-refractivity contribution in [3.8, 4) is 0 Å². The summed E-state index contributed by atoms with van der Waals surface area (Å²) in [7, 11) is 0.870. The van der Waals surface area contributed by atoms with Gasteiger partial charge in [0.25, 0.3) is 15.0 Å². The molecule has 0 radical (unpaired) electrons. The van der Waals surface area contributed by atoms with E-state index in [1.807, 2.05) is 6.92 Å². The van der Waals surface area contributed by atoms with Crippen LogP contribution in [0.15, 0.2) is 17.0 Å². The average molecular weight is 340 g/mol. The molecule has 0 unspecified atom stereocenters. The maximum atomic E-state index is 13.6. The number of hydrogen-bond acceptors (Lipinski definition) is 3. The first-order valence-electron chi connectivity index (χ1n) is 6.00. The normalized spacial score (nSPS) is 15.2. The summed E-state index contributed by atoms with van der Waals surface area (Å²) >= 11 is 5.85. The van der Waals surface area contributed by atoms with Gasteiger partial charge in [0.05, 0.1) is 10.6 Å². The molecule has 0 aromatic heterocycles. The van der Waals surface area contributed by atoms with E-state index >= 15 is 0 Å². The first-order valence-corrected chi connectivity index (χ1v) is 8.69. The molecule has 20 heavy (non-hydrogen) atoms. The minimum Gasteiger partial charge on any atom is -0.336 e. The highest BCUT2D eigenvalue weighted by atomic mass is 35.7. The zero-order valence-corrected chi connectivity index (χ0v) is 12.9. The van der Waals surface area contributed by atoms with Gasteiger partial charge in [0, 0.05) is 23.3 Å². The number of nitrogens with zero attached hydrogens (tertiary/aromatic N) is 1. The second kappa shape index (κ2) is 5.50. The lowest BCUT2D eigenvalue weighted by Crippen LogP contribution is -2.33. The Morgan fingerprint density at radius 1 is 1.45 bits per heavy atom. The lowest BCUT2D eigenvalue weighted by Gasteiger charge is -2.21. The molecular formula is C12H12Cl2FNO3S. The van der Waals surface area contributed by atoms with Crippen molar-refractivity contribution in [2.45, 2.75) is 30.7 Å². The molecule has 1 aliphatic rings. The number of benzene rings is 1. The van der Waals surface area contributed by atoms with Crippen molar-refractivity contribution >= 4 is 37.2 Å². The summed E-state index contributed by atoms with van der Waals surface area (Å²) in [6, 6.07) is 1.84. The second-order valence-corrected chi connectivity index (χ2v) is 7.46. The Kier molecular flexibility index (Phi) is 4.27. The van der Waals surface area contributed by atoms with E-state index in [1.165, 1.54) is 0 Å². The minimum atomic E-state index is -4.28. The van der Waals surface area contributed by atoms with Gasteiger partial charge in [0.2, 0.25) is 0 Å². The van der Waals surface area contributed by atoms with E-state index in [-0.39, 0.29) is 16.6 Å². The number of carbonyl (C=O) groups is 1. The molecule has 0 bridgehead atoms. The Bertz CT molecular complexity index is 659. The maximum Gasteiger partial charge on any atom is 0.264 e. The molecule has 0 saturated heterocycles. The molecule has 0 atom stereocenters. The molecule has 1 saturated carbocycles. The van der Waals surface area contributed by atoms with Crippen LogP contribution in [0.3, 0.4) is 0 Å². The molecule has 8 heteroatoms. The summed E-state index contributed by atoms with van der Waals surface area (Å²) in [4.78, 5) is 13.2. The highest BCUT2D eigenvalue weighted by Crippen LogP contribution is 2.31. The molecule has 1 aromatic carbocycles. The van der Waals surface area contributed by atoms with Crippen LogP contribution in [0.4, 0.5) is 4.39 Å². The Morgan fingerprint density at radius 2 is 2.05 bits per heavy atom. The summed E-state index contributed by atoms with van der Waals surface area (Å²) in [5.74, 6) is -1.49. The van der Waals surface area contributed by atoms with Gasteiger partial charge in [-0.15, -0.1) is 0 Å². The standard InChI is InChI=1S/C12H12Cl2FNO3S/c1-2-16(7-3-4-7)12(17)8-5-11(20(14,18)19)10(15)6-9(8)13/h5-7H,2-4H2,1H3. The largest absolute Gasteiger partial charge is 0.336 e. The molecule has 1 aromatic rings. The van der Waals surface area contributed by atoms with E-state index in [4.69, 9.17) is 22.3 Å². The zero-order chi connectivity index (χ0) is 15.1. The highest BCUT2D eigenvalue weighted by molar-refractivity contribution is 8.13. The minimum absolute atomic E-state index is 0.0546. The van der Waals surface area contributed by atoms with Crippen molar-refractivity contribution < 1.29 is 17.6 Å². The van der Waals surface area contributed by atoms with Gasteiger partial charge in [-0.2, -0.15) is 0 Å². The molecule has 0 heterocycles. The number of amides is 1. The van der Waals surface area contributed by atoms with Crippen molar-refractivity contribution in [3.05, 3.63) is 28.5 Å². The smallest absolute Gasteiger partial charge is 0.264 e. The van der Waals surface area contributed by atoms with Crippen LogP contribution in [-0.2, 0) is 9.05 Å². The fourth-order valence-electron chi connectivity index (χ4n) is 1.99. The summed E-state index contributed by atoms with van der Waals surface area (Å²) in [6.07, 6.45) is 1.80. The Hall–Kier alpha value is -0.850. The molecule has 0 spiro atoms. The molecule has 1 fully saturated rings. The number of halogens is 3. The summed E-state index contributed by atoms with van der Waals surface area (Å²) in [5, 5.41) is -0.129. The Labute approximate surface area is 125 Å². The Morgan fingerprint density at radius 3 is 2.50 bits per heavy atom. The van der Waals surface area contributed by atoms with E-state index in [0.29, 0.717) is 6.54 Å². The number of hydrogen-bond donors (Lipinski definition) is 0. The van der Waals surface area contributed by atoms with Crippen LogP contribution in [-0.4, -0.2) is 31.8 Å². The van der Waals surface area contributed by atoms with Crippen LogP contribution in [0, 0.1) is 5.82 Å². The number of rotatable bonds is 4. The van der Waals surface area contributed by atoms with E-state index in [2.05, 4.69) is 0 Å². The summed E-state index contributed by atoms with van der Waals surface area (Å²) < 4.78 is 36.1. The summed E-state index contributed by atoms with van der Waals surface area (Å²) in [6.45, 7) is 2.28. The number of carbonyl (C=O) groups excluding carboxylic acids is 1. The van der Waals surface area contributed by atoms with E-state index in [0.717, 1.165) is 25.0 Å². The Balaban J connectivity index is 2.48. The van der Waals surface area contributed by atoms with E-state index in [9.17, 15) is 17.6 Å². The van der Waals surface area contributed by atoms with Gasteiger partial charge in [-0.1, -0.05) is 11.6 Å². The third-order valence-corrected chi connectivity index (χ3v) is 4.75. The van der Waals surface area contributed by atoms with Crippen LogP contribution in [0.5, 0.6) is 0 Å². The van der Waals surface area contributed by atoms with Gasteiger partial charge in [-0.25, -0.2) is 12.8 Å². The SMILES string of the molecule is CCN(C(=O)c1cc(S(=O)(=O)Cl)c(F)cc1Cl)C1CC1. The van der Waals surface area contributed by atoms with Crippen LogP contribution < -0.4 is 0 Å². The van der Waals surface area contributed by atoms with E-state index in [1.54, 1.807) is 4.90 Å². The molecule has 0 N–H and O–H groups in total. The first-order chi connectivity index (χ1) is 9.25. The first kappa shape index (κ1) is 15.5. The quantitative estimate of drug-likeness (QED) is 0.792. The molecule has 4 nitrogen and oxygen atoms in total. The topological polar surface area (TPSA) is 54.5 Å². The van der Waals surface area contributed by atoms with Gasteiger partial charge in [-0.05, 0) is 31.9 Å². The highest BCUT2D eigenvalue weighted by Gasteiger charge is 2.33. The van der Waals surface area contributed by atoms with Crippen molar-refractivity contribution in [1.82, 2.24) is 4.90 Å². The van der Waals surface area contributed by atoms with Crippen LogP contribution >= 0.6 is 22.3 Å². The van der Waals surface area contributed by atoms with Crippen molar-refractivity contribution in [2.75, 3.05) is 6.54 Å². The van der Waals surface area contributed by atoms with Crippen LogP contribution in [0.2, 0.25) is 5.02 Å².